The zero-order valence-electron chi connectivity index (χ0n) is 16.9. The highest BCUT2D eigenvalue weighted by Gasteiger charge is 2.50. The van der Waals surface area contributed by atoms with Crippen molar-refractivity contribution in [2.45, 2.75) is 24.5 Å². The number of nitrogens with zero attached hydrogens (tertiary/aromatic N) is 3. The quantitative estimate of drug-likeness (QED) is 0.845. The Balaban J connectivity index is 1.22. The highest BCUT2D eigenvalue weighted by Crippen LogP contribution is 2.36. The van der Waals surface area contributed by atoms with E-state index in [0.717, 1.165) is 37.3 Å². The minimum absolute atomic E-state index is 0.119. The third kappa shape index (κ3) is 3.29. The molecule has 7 heteroatoms. The Morgan fingerprint density at radius 3 is 2.23 bits per heavy atom. The van der Waals surface area contributed by atoms with E-state index in [1.165, 1.54) is 0 Å². The fourth-order valence-corrected chi connectivity index (χ4v) is 4.86. The summed E-state index contributed by atoms with van der Waals surface area (Å²) in [5, 5.41) is 3.04. The Labute approximate surface area is 176 Å². The number of amides is 2. The fraction of sp³-hybridized carbons (Fsp3) is 0.391. The number of nitrogens with one attached hydrogen (secondary N) is 1. The second-order valence-corrected chi connectivity index (χ2v) is 8.21. The smallest absolute Gasteiger partial charge is 0.414 e. The Morgan fingerprint density at radius 2 is 1.57 bits per heavy atom. The lowest BCUT2D eigenvalue weighted by Gasteiger charge is -2.43. The van der Waals surface area contributed by atoms with Crippen LogP contribution in [0.25, 0.3) is 0 Å². The number of carbonyl (C=O) groups is 2. The van der Waals surface area contributed by atoms with Gasteiger partial charge in [0.15, 0.2) is 0 Å². The molecule has 2 aromatic rings. The Hall–Kier alpha value is -3.06. The van der Waals surface area contributed by atoms with Gasteiger partial charge in [0.2, 0.25) is 5.91 Å². The molecule has 156 valence electrons. The predicted octanol–water partition coefficient (Wildman–Crippen LogP) is 2.44. The van der Waals surface area contributed by atoms with Crippen LogP contribution >= 0.6 is 0 Å². The number of carbonyl (C=O) groups excluding carboxylic acids is 2. The molecular formula is C23H26N4O3. The van der Waals surface area contributed by atoms with Gasteiger partial charge in [-0.25, -0.2) is 4.79 Å². The first-order valence-electron chi connectivity index (χ1n) is 10.5. The van der Waals surface area contributed by atoms with E-state index in [2.05, 4.69) is 27.2 Å². The van der Waals surface area contributed by atoms with Gasteiger partial charge in [-0.05, 0) is 37.1 Å². The summed E-state index contributed by atoms with van der Waals surface area (Å²) in [6, 6.07) is 19.7. The summed E-state index contributed by atoms with van der Waals surface area (Å²) in [6.45, 7) is 3.40. The van der Waals surface area contributed by atoms with Crippen molar-refractivity contribution in [3.05, 3.63) is 60.7 Å². The summed E-state index contributed by atoms with van der Waals surface area (Å²) in [7, 11) is 0. The first-order valence-corrected chi connectivity index (χ1v) is 10.5. The highest BCUT2D eigenvalue weighted by molar-refractivity contribution is 5.93. The molecule has 2 aromatic carbocycles. The number of hydrogen-bond acceptors (Lipinski definition) is 5. The molecule has 1 N–H and O–H groups in total. The van der Waals surface area contributed by atoms with E-state index in [4.69, 9.17) is 4.74 Å². The van der Waals surface area contributed by atoms with Gasteiger partial charge in [0.25, 0.3) is 0 Å². The Kier molecular flexibility index (Phi) is 4.83. The predicted molar refractivity (Wildman–Crippen MR) is 114 cm³/mol. The first-order chi connectivity index (χ1) is 14.7. The van der Waals surface area contributed by atoms with Crippen LogP contribution < -0.4 is 15.1 Å². The molecule has 5 rings (SSSR count). The summed E-state index contributed by atoms with van der Waals surface area (Å²) < 4.78 is 5.62. The number of likely N-dealkylation sites (tertiary alicyclic amines) is 1. The lowest BCUT2D eigenvalue weighted by molar-refractivity contribution is -0.125. The van der Waals surface area contributed by atoms with Crippen LogP contribution in [0.2, 0.25) is 0 Å². The number of hydrogen-bond donors (Lipinski definition) is 1. The van der Waals surface area contributed by atoms with Gasteiger partial charge < -0.3 is 15.0 Å². The maximum absolute atomic E-state index is 12.8. The van der Waals surface area contributed by atoms with Gasteiger partial charge >= 0.3 is 6.09 Å². The van der Waals surface area contributed by atoms with Gasteiger partial charge in [-0.1, -0.05) is 36.4 Å². The average Bonchev–Trinajstić information content (AvgIpc) is 3.31. The number of para-hydroxylation sites is 2. The molecule has 1 spiro atoms. The Bertz CT molecular complexity index is 913. The average molecular weight is 406 g/mol. The second kappa shape index (κ2) is 7.65. The summed E-state index contributed by atoms with van der Waals surface area (Å²) >= 11 is 0. The Morgan fingerprint density at radius 1 is 0.933 bits per heavy atom. The summed E-state index contributed by atoms with van der Waals surface area (Å²) in [4.78, 5) is 31.3. The largest absolute Gasteiger partial charge is 0.443 e. The maximum Gasteiger partial charge on any atom is 0.414 e. The lowest BCUT2D eigenvalue weighted by Crippen LogP contribution is -2.57. The van der Waals surface area contributed by atoms with Crippen LogP contribution in [0.3, 0.4) is 0 Å². The van der Waals surface area contributed by atoms with E-state index in [1.54, 1.807) is 4.90 Å². The van der Waals surface area contributed by atoms with Crippen LogP contribution in [0.1, 0.15) is 12.8 Å². The van der Waals surface area contributed by atoms with E-state index in [-0.39, 0.29) is 18.1 Å². The minimum Gasteiger partial charge on any atom is -0.443 e. The van der Waals surface area contributed by atoms with Crippen molar-refractivity contribution in [1.29, 1.82) is 0 Å². The van der Waals surface area contributed by atoms with Crippen LogP contribution in [-0.2, 0) is 9.53 Å². The van der Waals surface area contributed by atoms with Crippen molar-refractivity contribution in [3.63, 3.8) is 0 Å². The van der Waals surface area contributed by atoms with E-state index < -0.39 is 5.54 Å². The van der Waals surface area contributed by atoms with Crippen molar-refractivity contribution in [3.8, 4) is 0 Å². The molecule has 0 bridgehead atoms. The molecule has 1 atom stereocenters. The van der Waals surface area contributed by atoms with Crippen molar-refractivity contribution < 1.29 is 14.3 Å². The van der Waals surface area contributed by atoms with Crippen molar-refractivity contribution in [2.24, 2.45) is 0 Å². The zero-order valence-corrected chi connectivity index (χ0v) is 16.9. The molecule has 1 unspecified atom stereocenters. The third-order valence-electron chi connectivity index (χ3n) is 6.49. The molecule has 7 nitrogen and oxygen atoms in total. The molecule has 0 saturated carbocycles. The number of benzene rings is 2. The van der Waals surface area contributed by atoms with Crippen LogP contribution in [0.5, 0.6) is 0 Å². The zero-order chi connectivity index (χ0) is 20.6. The molecule has 3 fully saturated rings. The van der Waals surface area contributed by atoms with Crippen LogP contribution in [-0.4, -0.2) is 61.4 Å². The third-order valence-corrected chi connectivity index (χ3v) is 6.49. The number of ether oxygens (including phenoxy) is 1. The molecule has 0 radical (unpaired) electrons. The van der Waals surface area contributed by atoms with Gasteiger partial charge in [0.1, 0.15) is 11.6 Å². The normalized spacial score (nSPS) is 23.7. The number of piperidine rings is 1. The molecule has 3 aliphatic heterocycles. The molecular weight excluding hydrogens is 380 g/mol. The van der Waals surface area contributed by atoms with Crippen LogP contribution in [0.4, 0.5) is 16.2 Å². The topological polar surface area (TPSA) is 65.1 Å². The van der Waals surface area contributed by atoms with Gasteiger partial charge in [-0.3, -0.25) is 14.6 Å². The van der Waals surface area contributed by atoms with E-state index in [0.29, 0.717) is 19.8 Å². The highest BCUT2D eigenvalue weighted by atomic mass is 16.6. The minimum atomic E-state index is -0.486. The van der Waals surface area contributed by atoms with Gasteiger partial charge in [0, 0.05) is 31.0 Å². The number of cyclic esters (lactones) is 1. The maximum atomic E-state index is 12.8. The molecule has 0 aliphatic carbocycles. The first kappa shape index (κ1) is 18.9. The molecule has 3 saturated heterocycles. The molecule has 2 amide bonds. The second-order valence-electron chi connectivity index (χ2n) is 8.21. The summed E-state index contributed by atoms with van der Waals surface area (Å²) in [5.74, 6) is 0.119. The standard InChI is InChI=1S/C23H26N4O3/c28-21-23(27(17-24-21)19-9-5-2-6-10-19)11-13-25(14-12-23)15-20-16-26(22(29)30-20)18-7-3-1-4-8-18/h1-10,20H,11-17H2,(H,24,28). The number of anilines is 2. The molecule has 3 aliphatic rings. The van der Waals surface area contributed by atoms with Crippen molar-refractivity contribution in [1.82, 2.24) is 10.2 Å². The number of rotatable bonds is 4. The van der Waals surface area contributed by atoms with Gasteiger partial charge in [-0.15, -0.1) is 0 Å². The van der Waals surface area contributed by atoms with E-state index >= 15 is 0 Å². The fourth-order valence-electron chi connectivity index (χ4n) is 4.86. The van der Waals surface area contributed by atoms with Crippen molar-refractivity contribution >= 4 is 23.4 Å². The molecule has 30 heavy (non-hydrogen) atoms. The molecule has 3 heterocycles. The summed E-state index contributed by atoms with van der Waals surface area (Å²) in [6.07, 6.45) is 1.08. The summed E-state index contributed by atoms with van der Waals surface area (Å²) in [5.41, 5.74) is 1.46. The van der Waals surface area contributed by atoms with Gasteiger partial charge in [0.05, 0.1) is 13.2 Å². The van der Waals surface area contributed by atoms with Crippen LogP contribution in [0, 0.1) is 0 Å². The molecule has 0 aromatic heterocycles. The van der Waals surface area contributed by atoms with Crippen LogP contribution in [0.15, 0.2) is 60.7 Å². The lowest BCUT2D eigenvalue weighted by atomic mass is 9.85. The monoisotopic (exact) mass is 406 g/mol. The van der Waals surface area contributed by atoms with Gasteiger partial charge in [-0.2, -0.15) is 0 Å². The van der Waals surface area contributed by atoms with E-state index in [1.807, 2.05) is 48.5 Å². The SMILES string of the molecule is O=C1OC(CN2CCC3(CC2)C(=O)NCN3c2ccccc2)CN1c1ccccc1. The van der Waals surface area contributed by atoms with E-state index in [9.17, 15) is 9.59 Å². The van der Waals surface area contributed by atoms with Crippen molar-refractivity contribution in [2.75, 3.05) is 42.6 Å².